The van der Waals surface area contributed by atoms with Crippen molar-refractivity contribution >= 4 is 39.9 Å². The summed E-state index contributed by atoms with van der Waals surface area (Å²) in [5.41, 5.74) is 0.388. The molecule has 0 heterocycles. The second kappa shape index (κ2) is 4.67. The van der Waals surface area contributed by atoms with Gasteiger partial charge in [0.15, 0.2) is 0 Å². The lowest BCUT2D eigenvalue weighted by atomic mass is 9.97. The van der Waals surface area contributed by atoms with Crippen molar-refractivity contribution < 1.29 is 9.90 Å². The lowest BCUT2D eigenvalue weighted by Crippen LogP contribution is -1.99. The number of fused-ring (bicyclic) bond motifs is 2. The van der Waals surface area contributed by atoms with E-state index in [1.165, 1.54) is 0 Å². The van der Waals surface area contributed by atoms with E-state index in [0.29, 0.717) is 5.56 Å². The number of hydrogen-bond donors (Lipinski definition) is 1. The van der Waals surface area contributed by atoms with Crippen molar-refractivity contribution in [2.75, 3.05) is 0 Å². The van der Waals surface area contributed by atoms with Crippen LogP contribution in [0.3, 0.4) is 0 Å². The first-order chi connectivity index (χ1) is 8.27. The van der Waals surface area contributed by atoms with Crippen LogP contribution in [0, 0.1) is 0 Å². The Labute approximate surface area is 110 Å². The lowest BCUT2D eigenvalue weighted by molar-refractivity contribution is 0.0701. The van der Waals surface area contributed by atoms with Crippen molar-refractivity contribution in [3.05, 3.63) is 60.2 Å². The van der Waals surface area contributed by atoms with Crippen LogP contribution in [0.5, 0.6) is 0 Å². The maximum Gasteiger partial charge on any atom is 0.336 e. The molecule has 0 spiro atoms. The van der Waals surface area contributed by atoms with Crippen molar-refractivity contribution in [2.24, 2.45) is 0 Å². The van der Waals surface area contributed by atoms with E-state index in [4.69, 9.17) is 0 Å². The van der Waals surface area contributed by atoms with E-state index in [9.17, 15) is 9.90 Å². The predicted octanol–water partition coefficient (Wildman–Crippen LogP) is 4.11. The van der Waals surface area contributed by atoms with Crippen LogP contribution in [0.15, 0.2) is 54.6 Å². The average molecular weight is 259 g/mol. The van der Waals surface area contributed by atoms with Gasteiger partial charge in [-0.2, -0.15) is 0 Å². The summed E-state index contributed by atoms with van der Waals surface area (Å²) in [6.45, 7) is 0. The fourth-order valence-electron chi connectivity index (χ4n) is 2.24. The number of halogens is 1. The van der Waals surface area contributed by atoms with Crippen molar-refractivity contribution in [3.8, 4) is 0 Å². The largest absolute Gasteiger partial charge is 0.478 e. The summed E-state index contributed by atoms with van der Waals surface area (Å²) < 4.78 is 0. The molecule has 0 aliphatic rings. The first-order valence-corrected chi connectivity index (χ1v) is 5.41. The molecule has 0 fully saturated rings. The second-order valence-electron chi connectivity index (χ2n) is 4.00. The molecule has 0 saturated carbocycles. The number of carbonyl (C=O) groups is 1. The van der Waals surface area contributed by atoms with Gasteiger partial charge in [-0.25, -0.2) is 4.79 Å². The Balaban J connectivity index is 0.00000120. The molecule has 3 heteroatoms. The van der Waals surface area contributed by atoms with Crippen LogP contribution in [0.25, 0.3) is 21.5 Å². The molecule has 0 aromatic heterocycles. The van der Waals surface area contributed by atoms with Gasteiger partial charge in [0.25, 0.3) is 0 Å². The molecule has 3 aromatic carbocycles. The molecule has 0 bridgehead atoms. The van der Waals surface area contributed by atoms with Gasteiger partial charge in [0.2, 0.25) is 0 Å². The maximum atomic E-state index is 11.4. The Hall–Kier alpha value is -2.06. The van der Waals surface area contributed by atoms with Gasteiger partial charge in [-0.05, 0) is 27.6 Å². The van der Waals surface area contributed by atoms with Crippen molar-refractivity contribution in [2.45, 2.75) is 0 Å². The molecule has 3 aromatic rings. The highest BCUT2D eigenvalue weighted by Crippen LogP contribution is 2.28. The SMILES string of the molecule is Cl.O=C(O)c1c2ccccc2cc2ccccc12. The Morgan fingerprint density at radius 3 is 1.72 bits per heavy atom. The Bertz CT molecular complexity index is 681. The van der Waals surface area contributed by atoms with Crippen LogP contribution < -0.4 is 0 Å². The summed E-state index contributed by atoms with van der Waals surface area (Å²) in [6, 6.07) is 17.2. The Morgan fingerprint density at radius 1 is 0.833 bits per heavy atom. The third kappa shape index (κ3) is 1.81. The topological polar surface area (TPSA) is 37.3 Å². The van der Waals surface area contributed by atoms with Crippen LogP contribution in [0.1, 0.15) is 10.4 Å². The molecule has 0 unspecified atom stereocenters. The van der Waals surface area contributed by atoms with Crippen LogP contribution in [-0.2, 0) is 0 Å². The average Bonchev–Trinajstić information content (AvgIpc) is 2.35. The van der Waals surface area contributed by atoms with Crippen molar-refractivity contribution in [1.82, 2.24) is 0 Å². The van der Waals surface area contributed by atoms with Crippen LogP contribution in [-0.4, -0.2) is 11.1 Å². The van der Waals surface area contributed by atoms with E-state index < -0.39 is 5.97 Å². The quantitative estimate of drug-likeness (QED) is 0.667. The molecule has 0 amide bonds. The number of carboxylic acid groups (broad SMARTS) is 1. The fourth-order valence-corrected chi connectivity index (χ4v) is 2.24. The zero-order valence-corrected chi connectivity index (χ0v) is 10.3. The maximum absolute atomic E-state index is 11.4. The van der Waals surface area contributed by atoms with Crippen LogP contribution >= 0.6 is 12.4 Å². The number of hydrogen-bond acceptors (Lipinski definition) is 1. The monoisotopic (exact) mass is 258 g/mol. The summed E-state index contributed by atoms with van der Waals surface area (Å²) in [4.78, 5) is 11.4. The van der Waals surface area contributed by atoms with Gasteiger partial charge >= 0.3 is 5.97 Å². The normalized spacial score (nSPS) is 10.2. The van der Waals surface area contributed by atoms with E-state index in [-0.39, 0.29) is 12.4 Å². The lowest BCUT2D eigenvalue weighted by Gasteiger charge is -2.07. The van der Waals surface area contributed by atoms with E-state index in [1.807, 2.05) is 54.6 Å². The first-order valence-electron chi connectivity index (χ1n) is 5.41. The van der Waals surface area contributed by atoms with Gasteiger partial charge in [0, 0.05) is 0 Å². The molecule has 0 radical (unpaired) electrons. The third-order valence-electron chi connectivity index (χ3n) is 2.99. The molecule has 2 nitrogen and oxygen atoms in total. The summed E-state index contributed by atoms with van der Waals surface area (Å²) in [6.07, 6.45) is 0. The van der Waals surface area contributed by atoms with Crippen LogP contribution in [0.2, 0.25) is 0 Å². The number of aromatic carboxylic acids is 1. The fraction of sp³-hybridized carbons (Fsp3) is 0. The summed E-state index contributed by atoms with van der Waals surface area (Å²) in [5, 5.41) is 12.9. The predicted molar refractivity (Wildman–Crippen MR) is 75.7 cm³/mol. The van der Waals surface area contributed by atoms with Gasteiger partial charge in [0.1, 0.15) is 0 Å². The van der Waals surface area contributed by atoms with Crippen LogP contribution in [0.4, 0.5) is 0 Å². The number of carboxylic acids is 1. The van der Waals surface area contributed by atoms with E-state index >= 15 is 0 Å². The zero-order chi connectivity index (χ0) is 11.8. The third-order valence-corrected chi connectivity index (χ3v) is 2.99. The molecule has 0 aliphatic heterocycles. The second-order valence-corrected chi connectivity index (χ2v) is 4.00. The van der Waals surface area contributed by atoms with Gasteiger partial charge in [0.05, 0.1) is 5.56 Å². The summed E-state index contributed by atoms with van der Waals surface area (Å²) in [7, 11) is 0. The highest BCUT2D eigenvalue weighted by molar-refractivity contribution is 6.15. The Morgan fingerprint density at radius 2 is 1.28 bits per heavy atom. The van der Waals surface area contributed by atoms with Gasteiger partial charge in [-0.1, -0.05) is 48.5 Å². The van der Waals surface area contributed by atoms with Gasteiger partial charge in [-0.15, -0.1) is 12.4 Å². The minimum absolute atomic E-state index is 0. The summed E-state index contributed by atoms with van der Waals surface area (Å²) >= 11 is 0. The molecule has 3 rings (SSSR count). The van der Waals surface area contributed by atoms with E-state index in [1.54, 1.807) is 0 Å². The molecular weight excluding hydrogens is 248 g/mol. The minimum atomic E-state index is -0.877. The molecule has 0 atom stereocenters. The number of benzene rings is 3. The zero-order valence-electron chi connectivity index (χ0n) is 9.46. The van der Waals surface area contributed by atoms with E-state index in [2.05, 4.69) is 0 Å². The molecule has 18 heavy (non-hydrogen) atoms. The molecule has 90 valence electrons. The smallest absolute Gasteiger partial charge is 0.336 e. The molecule has 0 aliphatic carbocycles. The first kappa shape index (κ1) is 12.4. The highest BCUT2D eigenvalue weighted by Gasteiger charge is 2.12. The molecule has 0 saturated heterocycles. The molecular formula is C15H11ClO2. The summed E-state index contributed by atoms with van der Waals surface area (Å²) in [5.74, 6) is -0.877. The molecule has 1 N–H and O–H groups in total. The van der Waals surface area contributed by atoms with E-state index in [0.717, 1.165) is 21.5 Å². The highest BCUT2D eigenvalue weighted by atomic mass is 35.5. The Kier molecular flexibility index (Phi) is 3.21. The van der Waals surface area contributed by atoms with Gasteiger partial charge < -0.3 is 5.11 Å². The standard InChI is InChI=1S/C15H10O2.ClH/c16-15(17)14-12-7-3-1-5-10(12)9-11-6-2-4-8-13(11)14;/h1-9H,(H,16,17);1H. The van der Waals surface area contributed by atoms with Crippen molar-refractivity contribution in [1.29, 1.82) is 0 Å². The minimum Gasteiger partial charge on any atom is -0.478 e. The van der Waals surface area contributed by atoms with Gasteiger partial charge in [-0.3, -0.25) is 0 Å². The van der Waals surface area contributed by atoms with Crippen molar-refractivity contribution in [3.63, 3.8) is 0 Å². The number of rotatable bonds is 1.